The molecule has 2 aromatic rings. The lowest BCUT2D eigenvalue weighted by atomic mass is 9.74. The number of benzene rings is 2. The van der Waals surface area contributed by atoms with Gasteiger partial charge in [-0.05, 0) is 63.8 Å². The molecule has 1 N–H and O–H groups in total. The van der Waals surface area contributed by atoms with Crippen LogP contribution >= 0.6 is 0 Å². The van der Waals surface area contributed by atoms with E-state index < -0.39 is 0 Å². The molecular weight excluding hydrogens is 378 g/mol. The minimum absolute atomic E-state index is 0.0588. The molecule has 0 aromatic heterocycles. The highest BCUT2D eigenvalue weighted by Crippen LogP contribution is 2.38. The molecule has 0 radical (unpaired) electrons. The lowest BCUT2D eigenvalue weighted by Crippen LogP contribution is -2.29. The Labute approximate surface area is 191 Å². The lowest BCUT2D eigenvalue weighted by molar-refractivity contribution is 0.224. The summed E-state index contributed by atoms with van der Waals surface area (Å²) in [6.07, 6.45) is 1.98. The van der Waals surface area contributed by atoms with Crippen molar-refractivity contribution < 1.29 is 5.11 Å². The van der Waals surface area contributed by atoms with Gasteiger partial charge in [0.1, 0.15) is 5.75 Å². The van der Waals surface area contributed by atoms with Crippen molar-refractivity contribution in [2.24, 2.45) is 11.3 Å². The van der Waals surface area contributed by atoms with Gasteiger partial charge in [-0.25, -0.2) is 0 Å². The van der Waals surface area contributed by atoms with Crippen molar-refractivity contribution in [3.8, 4) is 5.75 Å². The highest BCUT2D eigenvalue weighted by atomic mass is 16.3. The number of hydrogen-bond acceptors (Lipinski definition) is 2. The second-order valence-electron chi connectivity index (χ2n) is 12.3. The van der Waals surface area contributed by atoms with Gasteiger partial charge in [0, 0.05) is 19.3 Å². The first-order valence-corrected chi connectivity index (χ1v) is 11.7. The molecule has 2 rings (SSSR count). The quantitative estimate of drug-likeness (QED) is 0.514. The summed E-state index contributed by atoms with van der Waals surface area (Å²) in [5.74, 6) is 0.959. The Morgan fingerprint density at radius 1 is 0.806 bits per heavy atom. The first-order valence-electron chi connectivity index (χ1n) is 11.7. The maximum absolute atomic E-state index is 11.0. The van der Waals surface area contributed by atoms with Crippen LogP contribution in [0.1, 0.15) is 85.4 Å². The van der Waals surface area contributed by atoms with Gasteiger partial charge < -0.3 is 10.0 Å². The minimum Gasteiger partial charge on any atom is -0.507 e. The maximum Gasteiger partial charge on any atom is 0.122 e. The fourth-order valence-corrected chi connectivity index (χ4v) is 4.16. The van der Waals surface area contributed by atoms with E-state index in [2.05, 4.69) is 117 Å². The highest BCUT2D eigenvalue weighted by Gasteiger charge is 2.27. The van der Waals surface area contributed by atoms with E-state index in [9.17, 15) is 5.11 Å². The predicted octanol–water partition coefficient (Wildman–Crippen LogP) is 7.72. The summed E-state index contributed by atoms with van der Waals surface area (Å²) in [6.45, 7) is 21.2. The number of hydrogen-bond donors (Lipinski definition) is 1. The number of anilines is 1. The fourth-order valence-electron chi connectivity index (χ4n) is 4.16. The van der Waals surface area contributed by atoms with E-state index in [1.54, 1.807) is 0 Å². The van der Waals surface area contributed by atoms with Gasteiger partial charge in [0.05, 0.1) is 0 Å². The molecular formula is C29H45NO. The Kier molecular flexibility index (Phi) is 7.56. The van der Waals surface area contributed by atoms with Crippen LogP contribution in [0.3, 0.4) is 0 Å². The third-order valence-corrected chi connectivity index (χ3v) is 6.61. The molecule has 0 saturated carbocycles. The standard InChI is InChI=1S/C29H45NO/c1-27(2,3)22-14-16-24(17-15-22)30(10)19-18-23(28(4,5)6)20-21-12-11-13-25(26(21)31)29(7,8)9/h11-17,23,31H,18-20H2,1-10H3. The summed E-state index contributed by atoms with van der Waals surface area (Å²) in [5.41, 5.74) is 5.03. The van der Waals surface area contributed by atoms with E-state index in [1.807, 2.05) is 0 Å². The van der Waals surface area contributed by atoms with Gasteiger partial charge in [0.25, 0.3) is 0 Å². The Morgan fingerprint density at radius 3 is 1.87 bits per heavy atom. The van der Waals surface area contributed by atoms with Crippen molar-refractivity contribution in [1.82, 2.24) is 0 Å². The number of aromatic hydroxyl groups is 1. The maximum atomic E-state index is 11.0. The molecule has 2 heteroatoms. The van der Waals surface area contributed by atoms with E-state index >= 15 is 0 Å². The molecule has 1 atom stereocenters. The molecule has 0 fully saturated rings. The van der Waals surface area contributed by atoms with E-state index in [0.29, 0.717) is 11.7 Å². The topological polar surface area (TPSA) is 23.5 Å². The number of phenolic OH excluding ortho intramolecular Hbond substituents is 1. The van der Waals surface area contributed by atoms with Crippen LogP contribution in [-0.4, -0.2) is 18.7 Å². The Morgan fingerprint density at radius 2 is 1.39 bits per heavy atom. The van der Waals surface area contributed by atoms with Crippen LogP contribution in [0.4, 0.5) is 5.69 Å². The van der Waals surface area contributed by atoms with Gasteiger partial charge in [-0.3, -0.25) is 0 Å². The zero-order valence-corrected chi connectivity index (χ0v) is 21.6. The van der Waals surface area contributed by atoms with Crippen LogP contribution in [0.25, 0.3) is 0 Å². The number of phenols is 1. The smallest absolute Gasteiger partial charge is 0.122 e. The fraction of sp³-hybridized carbons (Fsp3) is 0.586. The average molecular weight is 424 g/mol. The molecule has 1 unspecified atom stereocenters. The third kappa shape index (κ3) is 6.76. The molecule has 0 bridgehead atoms. The van der Waals surface area contributed by atoms with E-state index in [0.717, 1.165) is 30.5 Å². The summed E-state index contributed by atoms with van der Waals surface area (Å²) in [6, 6.07) is 15.2. The van der Waals surface area contributed by atoms with Gasteiger partial charge in [0.15, 0.2) is 0 Å². The van der Waals surface area contributed by atoms with Crippen molar-refractivity contribution >= 4 is 5.69 Å². The van der Waals surface area contributed by atoms with Gasteiger partial charge in [-0.15, -0.1) is 0 Å². The number of para-hydroxylation sites is 1. The van der Waals surface area contributed by atoms with Crippen molar-refractivity contribution in [3.05, 3.63) is 59.2 Å². The zero-order valence-electron chi connectivity index (χ0n) is 21.6. The summed E-state index contributed by atoms with van der Waals surface area (Å²) in [4.78, 5) is 2.36. The molecule has 0 aliphatic heterocycles. The first kappa shape index (κ1) is 25.3. The predicted molar refractivity (Wildman–Crippen MR) is 136 cm³/mol. The van der Waals surface area contributed by atoms with Crippen LogP contribution in [0.5, 0.6) is 5.75 Å². The zero-order chi connectivity index (χ0) is 23.6. The molecule has 2 aromatic carbocycles. The van der Waals surface area contributed by atoms with Gasteiger partial charge >= 0.3 is 0 Å². The Balaban J connectivity index is 2.15. The van der Waals surface area contributed by atoms with E-state index in [-0.39, 0.29) is 16.2 Å². The highest BCUT2D eigenvalue weighted by molar-refractivity contribution is 5.48. The molecule has 0 spiro atoms. The second kappa shape index (κ2) is 9.27. The van der Waals surface area contributed by atoms with E-state index in [4.69, 9.17) is 0 Å². The van der Waals surface area contributed by atoms with Crippen LogP contribution in [-0.2, 0) is 17.3 Å². The molecule has 0 saturated heterocycles. The van der Waals surface area contributed by atoms with Gasteiger partial charge in [-0.2, -0.15) is 0 Å². The summed E-state index contributed by atoms with van der Waals surface area (Å²) >= 11 is 0. The second-order valence-corrected chi connectivity index (χ2v) is 12.3. The number of rotatable bonds is 6. The normalized spacial score (nSPS) is 13.9. The van der Waals surface area contributed by atoms with E-state index in [1.165, 1.54) is 11.3 Å². The molecule has 2 nitrogen and oxygen atoms in total. The molecule has 0 aliphatic rings. The lowest BCUT2D eigenvalue weighted by Gasteiger charge is -2.33. The van der Waals surface area contributed by atoms with Crippen molar-refractivity contribution in [1.29, 1.82) is 0 Å². The summed E-state index contributed by atoms with van der Waals surface area (Å²) in [7, 11) is 2.18. The monoisotopic (exact) mass is 423 g/mol. The van der Waals surface area contributed by atoms with Crippen molar-refractivity contribution in [3.63, 3.8) is 0 Å². The SMILES string of the molecule is CN(CCC(Cc1cccc(C(C)(C)C)c1O)C(C)(C)C)c1ccc(C(C)(C)C)cc1. The molecule has 0 aliphatic carbocycles. The van der Waals surface area contributed by atoms with Crippen LogP contribution < -0.4 is 4.90 Å². The molecule has 31 heavy (non-hydrogen) atoms. The number of nitrogens with zero attached hydrogens (tertiary/aromatic N) is 1. The minimum atomic E-state index is -0.0588. The average Bonchev–Trinajstić information content (AvgIpc) is 2.63. The molecule has 172 valence electrons. The molecule has 0 heterocycles. The van der Waals surface area contributed by atoms with Gasteiger partial charge in [-0.1, -0.05) is 92.6 Å². The van der Waals surface area contributed by atoms with Crippen molar-refractivity contribution in [2.45, 2.75) is 86.0 Å². The Bertz CT molecular complexity index is 844. The Hall–Kier alpha value is -1.96. The summed E-state index contributed by atoms with van der Waals surface area (Å²) < 4.78 is 0. The van der Waals surface area contributed by atoms with Crippen molar-refractivity contribution in [2.75, 3.05) is 18.5 Å². The third-order valence-electron chi connectivity index (χ3n) is 6.61. The van der Waals surface area contributed by atoms with Crippen LogP contribution in [0, 0.1) is 11.3 Å². The van der Waals surface area contributed by atoms with Crippen LogP contribution in [0.2, 0.25) is 0 Å². The summed E-state index contributed by atoms with van der Waals surface area (Å²) in [5, 5.41) is 11.0. The molecule has 0 amide bonds. The van der Waals surface area contributed by atoms with Crippen LogP contribution in [0.15, 0.2) is 42.5 Å². The first-order chi connectivity index (χ1) is 14.1. The van der Waals surface area contributed by atoms with Gasteiger partial charge in [0.2, 0.25) is 0 Å². The largest absolute Gasteiger partial charge is 0.507 e.